The molecular weight excluding hydrogens is 176 g/mol. The van der Waals surface area contributed by atoms with E-state index in [1.807, 2.05) is 0 Å². The average molecular weight is 187 g/mol. The van der Waals surface area contributed by atoms with Gasteiger partial charge in [0.2, 0.25) is 0 Å². The van der Waals surface area contributed by atoms with Gasteiger partial charge in [-0.25, -0.2) is 0 Å². The van der Waals surface area contributed by atoms with Crippen molar-refractivity contribution in [2.75, 3.05) is 6.61 Å². The summed E-state index contributed by atoms with van der Waals surface area (Å²) >= 11 is 2.97. The largest absolute Gasteiger partial charge is 0.322 e. The van der Waals surface area contributed by atoms with Crippen molar-refractivity contribution in [3.05, 3.63) is 0 Å². The number of rotatable bonds is 6. The van der Waals surface area contributed by atoms with Gasteiger partial charge < -0.3 is 0 Å². The van der Waals surface area contributed by atoms with Crippen LogP contribution in [0.2, 0.25) is 0 Å². The maximum atomic E-state index is 10.3. The summed E-state index contributed by atoms with van der Waals surface area (Å²) in [4.78, 5) is 0. The van der Waals surface area contributed by atoms with E-state index < -0.39 is 11.4 Å². The number of halogens is 1. The Morgan fingerprint density at radius 1 is 1.50 bits per heavy atom. The topological polar surface area (TPSA) is 35.5 Å². The molecule has 62 valence electrons. The van der Waals surface area contributed by atoms with Crippen LogP contribution in [-0.4, -0.2) is 10.8 Å². The standard InChI is InChI=1S/C5H11ClO3S/c1-2-3-4-5-8-10(7)9-6/h2-5H2,1H3. The Labute approximate surface area is 68.7 Å². The monoisotopic (exact) mass is 186 g/mol. The molecule has 0 saturated carbocycles. The molecule has 0 N–H and O–H groups in total. The molecule has 0 heterocycles. The van der Waals surface area contributed by atoms with Crippen LogP contribution in [0, 0.1) is 0 Å². The lowest BCUT2D eigenvalue weighted by atomic mass is 10.3. The Balaban J connectivity index is 2.96. The highest BCUT2D eigenvalue weighted by Crippen LogP contribution is 1.97. The summed E-state index contributed by atoms with van der Waals surface area (Å²) in [5.41, 5.74) is 0. The molecule has 0 amide bonds. The average Bonchev–Trinajstić information content (AvgIpc) is 1.98. The normalized spacial score (nSPS) is 13.4. The summed E-state index contributed by atoms with van der Waals surface area (Å²) in [5.74, 6) is 0. The Morgan fingerprint density at radius 2 is 2.20 bits per heavy atom. The Hall–Kier alpha value is 0.360. The SMILES string of the molecule is CCCCCOS(=O)OCl. The van der Waals surface area contributed by atoms with E-state index in [1.54, 1.807) is 0 Å². The molecule has 0 bridgehead atoms. The van der Waals surface area contributed by atoms with Gasteiger partial charge in [-0.05, 0) is 6.42 Å². The van der Waals surface area contributed by atoms with Gasteiger partial charge in [-0.3, -0.25) is 4.18 Å². The van der Waals surface area contributed by atoms with Crippen LogP contribution in [0.5, 0.6) is 0 Å². The summed E-state index contributed by atoms with van der Waals surface area (Å²) in [7, 11) is 0. The van der Waals surface area contributed by atoms with Crippen LogP contribution in [-0.2, 0) is 19.3 Å². The zero-order valence-electron chi connectivity index (χ0n) is 5.84. The van der Waals surface area contributed by atoms with Gasteiger partial charge in [0.15, 0.2) is 0 Å². The molecule has 0 saturated heterocycles. The maximum Gasteiger partial charge on any atom is 0.322 e. The van der Waals surface area contributed by atoms with Crippen LogP contribution in [0.25, 0.3) is 0 Å². The molecule has 0 radical (unpaired) electrons. The molecule has 3 nitrogen and oxygen atoms in total. The van der Waals surface area contributed by atoms with Crippen LogP contribution in [0.1, 0.15) is 26.2 Å². The molecule has 0 fully saturated rings. The predicted molar refractivity (Wildman–Crippen MR) is 40.6 cm³/mol. The van der Waals surface area contributed by atoms with E-state index in [4.69, 9.17) is 11.9 Å². The molecule has 0 rings (SSSR count). The van der Waals surface area contributed by atoms with Gasteiger partial charge in [-0.2, -0.15) is 7.94 Å². The summed E-state index contributed by atoms with van der Waals surface area (Å²) in [6, 6.07) is 0. The lowest BCUT2D eigenvalue weighted by molar-refractivity contribution is 0.305. The molecule has 0 aliphatic heterocycles. The molecule has 0 aromatic heterocycles. The van der Waals surface area contributed by atoms with Crippen molar-refractivity contribution in [1.82, 2.24) is 0 Å². The van der Waals surface area contributed by atoms with Crippen molar-refractivity contribution in [3.63, 3.8) is 0 Å². The molecule has 1 atom stereocenters. The lowest BCUT2D eigenvalue weighted by Gasteiger charge is -1.96. The van der Waals surface area contributed by atoms with Gasteiger partial charge in [0, 0.05) is 0 Å². The fraction of sp³-hybridized carbons (Fsp3) is 1.00. The molecule has 5 heteroatoms. The predicted octanol–water partition coefficient (Wildman–Crippen LogP) is 1.94. The zero-order chi connectivity index (χ0) is 7.82. The Morgan fingerprint density at radius 3 is 2.70 bits per heavy atom. The maximum absolute atomic E-state index is 10.3. The molecule has 0 aromatic rings. The first-order valence-corrected chi connectivity index (χ1v) is 4.46. The highest BCUT2D eigenvalue weighted by atomic mass is 35.5. The molecule has 0 spiro atoms. The van der Waals surface area contributed by atoms with Crippen LogP contribution in [0.15, 0.2) is 0 Å². The minimum atomic E-state index is -1.77. The highest BCUT2D eigenvalue weighted by molar-refractivity contribution is 7.75. The van der Waals surface area contributed by atoms with Crippen LogP contribution in [0.3, 0.4) is 0 Å². The lowest BCUT2D eigenvalue weighted by Crippen LogP contribution is -1.97. The van der Waals surface area contributed by atoms with E-state index in [-0.39, 0.29) is 0 Å². The molecule has 10 heavy (non-hydrogen) atoms. The minimum absolute atomic E-state index is 0.438. The second-order valence-corrected chi connectivity index (χ2v) is 2.94. The molecule has 0 aromatic carbocycles. The van der Waals surface area contributed by atoms with Gasteiger partial charge in [-0.1, -0.05) is 19.8 Å². The minimum Gasteiger partial charge on any atom is -0.267 e. The first-order valence-electron chi connectivity index (χ1n) is 3.15. The Kier molecular flexibility index (Phi) is 7.74. The van der Waals surface area contributed by atoms with Crippen LogP contribution in [0.4, 0.5) is 0 Å². The van der Waals surface area contributed by atoms with Gasteiger partial charge in [0.25, 0.3) is 0 Å². The van der Waals surface area contributed by atoms with E-state index in [0.717, 1.165) is 19.3 Å². The number of unbranched alkanes of at least 4 members (excludes halogenated alkanes) is 2. The third kappa shape index (κ3) is 6.48. The van der Waals surface area contributed by atoms with Crippen molar-refractivity contribution in [3.8, 4) is 0 Å². The second-order valence-electron chi connectivity index (χ2n) is 1.80. The van der Waals surface area contributed by atoms with Gasteiger partial charge in [0.05, 0.1) is 18.5 Å². The highest BCUT2D eigenvalue weighted by Gasteiger charge is 1.96. The third-order valence-electron chi connectivity index (χ3n) is 0.979. The van der Waals surface area contributed by atoms with Crippen LogP contribution >= 0.6 is 11.9 Å². The fourth-order valence-electron chi connectivity index (χ4n) is 0.497. The molecule has 1 unspecified atom stereocenters. The molecule has 0 aliphatic carbocycles. The van der Waals surface area contributed by atoms with E-state index in [0.29, 0.717) is 6.61 Å². The smallest absolute Gasteiger partial charge is 0.267 e. The first kappa shape index (κ1) is 10.4. The van der Waals surface area contributed by atoms with Gasteiger partial charge in [-0.15, -0.1) is 0 Å². The van der Waals surface area contributed by atoms with Gasteiger partial charge in [0.1, 0.15) is 0 Å². The van der Waals surface area contributed by atoms with E-state index in [1.165, 1.54) is 0 Å². The molecular formula is C5H11ClO3S. The summed E-state index contributed by atoms with van der Waals surface area (Å²) in [5, 5.41) is 0. The van der Waals surface area contributed by atoms with E-state index >= 15 is 0 Å². The zero-order valence-corrected chi connectivity index (χ0v) is 7.41. The van der Waals surface area contributed by atoms with Crippen LogP contribution < -0.4 is 0 Å². The summed E-state index contributed by atoms with van der Waals surface area (Å²) in [6.45, 7) is 2.52. The van der Waals surface area contributed by atoms with E-state index in [9.17, 15) is 4.21 Å². The molecule has 0 aliphatic rings. The van der Waals surface area contributed by atoms with E-state index in [2.05, 4.69) is 14.8 Å². The number of hydrogen-bond acceptors (Lipinski definition) is 3. The second kappa shape index (κ2) is 7.47. The van der Waals surface area contributed by atoms with Crippen molar-refractivity contribution < 1.29 is 12.1 Å². The van der Waals surface area contributed by atoms with Crippen molar-refractivity contribution in [2.45, 2.75) is 26.2 Å². The summed E-state index contributed by atoms with van der Waals surface area (Å²) in [6.07, 6.45) is 3.07. The summed E-state index contributed by atoms with van der Waals surface area (Å²) < 4.78 is 18.8. The Bertz CT molecular complexity index is 98.9. The van der Waals surface area contributed by atoms with Crippen molar-refractivity contribution in [2.24, 2.45) is 0 Å². The third-order valence-corrected chi connectivity index (χ3v) is 1.75. The van der Waals surface area contributed by atoms with Crippen molar-refractivity contribution >= 4 is 23.2 Å². The quantitative estimate of drug-likeness (QED) is 0.595. The van der Waals surface area contributed by atoms with Crippen molar-refractivity contribution in [1.29, 1.82) is 0 Å². The fourth-order valence-corrected chi connectivity index (χ4v) is 0.897. The van der Waals surface area contributed by atoms with Gasteiger partial charge >= 0.3 is 11.4 Å². The first-order chi connectivity index (χ1) is 4.81. The number of hydrogen-bond donors (Lipinski definition) is 0.